The van der Waals surface area contributed by atoms with Gasteiger partial charge in [-0.1, -0.05) is 25.4 Å². The molecule has 0 aromatic carbocycles. The highest BCUT2D eigenvalue weighted by Crippen LogP contribution is 2.16. The zero-order valence-corrected chi connectivity index (χ0v) is 11.6. The fourth-order valence-electron chi connectivity index (χ4n) is 2.64. The number of aromatic nitrogens is 2. The van der Waals surface area contributed by atoms with Crippen LogP contribution in [-0.2, 0) is 6.54 Å². The fourth-order valence-corrected chi connectivity index (χ4v) is 2.64. The zero-order valence-electron chi connectivity index (χ0n) is 11.6. The van der Waals surface area contributed by atoms with Crippen molar-refractivity contribution >= 4 is 0 Å². The maximum atomic E-state index is 5.23. The lowest BCUT2D eigenvalue weighted by atomic mass is 10.0. The Bertz CT molecular complexity index is 366. The molecule has 1 N–H and O–H groups in total. The Morgan fingerprint density at radius 1 is 1.44 bits per heavy atom. The van der Waals surface area contributed by atoms with E-state index in [4.69, 9.17) is 4.52 Å². The van der Waals surface area contributed by atoms with Crippen molar-refractivity contribution in [3.8, 4) is 0 Å². The van der Waals surface area contributed by atoms with Gasteiger partial charge < -0.3 is 9.84 Å². The second kappa shape index (κ2) is 6.29. The first-order valence-corrected chi connectivity index (χ1v) is 6.99. The lowest BCUT2D eigenvalue weighted by molar-refractivity contribution is 0.102. The van der Waals surface area contributed by atoms with Crippen LogP contribution >= 0.6 is 0 Å². The molecule has 2 rings (SSSR count). The molecule has 2 atom stereocenters. The van der Waals surface area contributed by atoms with Crippen molar-refractivity contribution in [2.24, 2.45) is 0 Å². The molecular weight excluding hydrogens is 228 g/mol. The molecular formula is C13H24N4O. The SMILES string of the molecule is CCCC1CN(Cc2nc(C)no2)C(CC)CN1. The summed E-state index contributed by atoms with van der Waals surface area (Å²) < 4.78 is 5.23. The summed E-state index contributed by atoms with van der Waals surface area (Å²) in [6.45, 7) is 9.25. The van der Waals surface area contributed by atoms with Gasteiger partial charge in [-0.15, -0.1) is 0 Å². The molecule has 18 heavy (non-hydrogen) atoms. The van der Waals surface area contributed by atoms with Crippen molar-refractivity contribution in [1.29, 1.82) is 0 Å². The average molecular weight is 252 g/mol. The highest BCUT2D eigenvalue weighted by atomic mass is 16.5. The molecule has 0 bridgehead atoms. The molecule has 1 aliphatic heterocycles. The standard InChI is InChI=1S/C13H24N4O/c1-4-6-11-8-17(12(5-2)7-14-11)9-13-15-10(3)16-18-13/h11-12,14H,4-9H2,1-3H3. The van der Waals surface area contributed by atoms with E-state index < -0.39 is 0 Å². The molecule has 5 heteroatoms. The largest absolute Gasteiger partial charge is 0.338 e. The van der Waals surface area contributed by atoms with Crippen LogP contribution in [0.4, 0.5) is 0 Å². The van der Waals surface area contributed by atoms with E-state index in [2.05, 4.69) is 34.2 Å². The van der Waals surface area contributed by atoms with Crippen LogP contribution in [0.15, 0.2) is 4.52 Å². The third kappa shape index (κ3) is 3.29. The van der Waals surface area contributed by atoms with Crippen LogP contribution in [0.1, 0.15) is 44.8 Å². The summed E-state index contributed by atoms with van der Waals surface area (Å²) in [5.41, 5.74) is 0. The highest BCUT2D eigenvalue weighted by Gasteiger charge is 2.27. The second-order valence-corrected chi connectivity index (χ2v) is 5.12. The normalized spacial score (nSPS) is 25.5. The molecule has 1 aromatic heterocycles. The van der Waals surface area contributed by atoms with Crippen LogP contribution in [0.25, 0.3) is 0 Å². The Kier molecular flexibility index (Phi) is 4.72. The van der Waals surface area contributed by atoms with Gasteiger partial charge in [-0.25, -0.2) is 0 Å². The topological polar surface area (TPSA) is 54.2 Å². The molecule has 5 nitrogen and oxygen atoms in total. The number of piperazine rings is 1. The van der Waals surface area contributed by atoms with Gasteiger partial charge in [0, 0.05) is 25.2 Å². The lowest BCUT2D eigenvalue weighted by Gasteiger charge is -2.39. The van der Waals surface area contributed by atoms with Crippen LogP contribution in [0.5, 0.6) is 0 Å². The summed E-state index contributed by atoms with van der Waals surface area (Å²) in [5.74, 6) is 1.46. The molecule has 2 heterocycles. The van der Waals surface area contributed by atoms with E-state index in [1.54, 1.807) is 0 Å². The predicted octanol–water partition coefficient (Wildman–Crippen LogP) is 1.73. The highest BCUT2D eigenvalue weighted by molar-refractivity contribution is 4.89. The minimum atomic E-state index is 0.574. The molecule has 0 spiro atoms. The van der Waals surface area contributed by atoms with Gasteiger partial charge in [0.1, 0.15) is 0 Å². The van der Waals surface area contributed by atoms with E-state index >= 15 is 0 Å². The first kappa shape index (κ1) is 13.5. The Labute approximate surface area is 109 Å². The second-order valence-electron chi connectivity index (χ2n) is 5.12. The fraction of sp³-hybridized carbons (Fsp3) is 0.846. The number of hydrogen-bond acceptors (Lipinski definition) is 5. The lowest BCUT2D eigenvalue weighted by Crippen LogP contribution is -2.55. The molecule has 1 aromatic rings. The molecule has 0 aliphatic carbocycles. The molecule has 2 unspecified atom stereocenters. The van der Waals surface area contributed by atoms with Crippen LogP contribution in [0.2, 0.25) is 0 Å². The summed E-state index contributed by atoms with van der Waals surface area (Å²) >= 11 is 0. The number of rotatable bonds is 5. The van der Waals surface area contributed by atoms with Gasteiger partial charge in [0.2, 0.25) is 5.89 Å². The Morgan fingerprint density at radius 2 is 2.28 bits per heavy atom. The van der Waals surface area contributed by atoms with E-state index in [9.17, 15) is 0 Å². The van der Waals surface area contributed by atoms with Gasteiger partial charge in [0.05, 0.1) is 6.54 Å². The molecule has 1 fully saturated rings. The molecule has 0 saturated carbocycles. The Balaban J connectivity index is 1.97. The van der Waals surface area contributed by atoms with Crippen molar-refractivity contribution in [2.45, 2.75) is 58.7 Å². The quantitative estimate of drug-likeness (QED) is 0.865. The third-order valence-electron chi connectivity index (χ3n) is 3.63. The minimum absolute atomic E-state index is 0.574. The molecule has 1 aliphatic rings. The first-order chi connectivity index (χ1) is 8.72. The molecule has 102 valence electrons. The van der Waals surface area contributed by atoms with E-state index in [1.807, 2.05) is 6.92 Å². The summed E-state index contributed by atoms with van der Waals surface area (Å²) in [6, 6.07) is 1.17. The van der Waals surface area contributed by atoms with Gasteiger partial charge in [-0.3, -0.25) is 4.90 Å². The van der Waals surface area contributed by atoms with Crippen molar-refractivity contribution in [2.75, 3.05) is 13.1 Å². The maximum Gasteiger partial charge on any atom is 0.240 e. The third-order valence-corrected chi connectivity index (χ3v) is 3.63. The van der Waals surface area contributed by atoms with E-state index in [0.29, 0.717) is 12.1 Å². The number of aryl methyl sites for hydroxylation is 1. The van der Waals surface area contributed by atoms with Crippen molar-refractivity contribution in [3.63, 3.8) is 0 Å². The van der Waals surface area contributed by atoms with E-state index in [-0.39, 0.29) is 0 Å². The van der Waals surface area contributed by atoms with Gasteiger partial charge in [0.25, 0.3) is 0 Å². The zero-order chi connectivity index (χ0) is 13.0. The van der Waals surface area contributed by atoms with Gasteiger partial charge in [0.15, 0.2) is 5.82 Å². The van der Waals surface area contributed by atoms with Gasteiger partial charge in [-0.05, 0) is 19.8 Å². The van der Waals surface area contributed by atoms with Gasteiger partial charge in [-0.2, -0.15) is 4.98 Å². The van der Waals surface area contributed by atoms with E-state index in [1.165, 1.54) is 12.8 Å². The summed E-state index contributed by atoms with van der Waals surface area (Å²) in [6.07, 6.45) is 3.61. The van der Waals surface area contributed by atoms with Crippen molar-refractivity contribution in [1.82, 2.24) is 20.4 Å². The average Bonchev–Trinajstić information content (AvgIpc) is 2.76. The van der Waals surface area contributed by atoms with Crippen LogP contribution in [0.3, 0.4) is 0 Å². The van der Waals surface area contributed by atoms with Crippen molar-refractivity contribution in [3.05, 3.63) is 11.7 Å². The summed E-state index contributed by atoms with van der Waals surface area (Å²) in [5, 5.41) is 7.49. The predicted molar refractivity (Wildman–Crippen MR) is 70.2 cm³/mol. The van der Waals surface area contributed by atoms with Crippen LogP contribution in [0, 0.1) is 6.92 Å². The first-order valence-electron chi connectivity index (χ1n) is 6.99. The smallest absolute Gasteiger partial charge is 0.240 e. The number of nitrogens with one attached hydrogen (secondary N) is 1. The van der Waals surface area contributed by atoms with Crippen LogP contribution < -0.4 is 5.32 Å². The summed E-state index contributed by atoms with van der Waals surface area (Å²) in [4.78, 5) is 6.78. The molecule has 0 amide bonds. The minimum Gasteiger partial charge on any atom is -0.338 e. The van der Waals surface area contributed by atoms with Gasteiger partial charge >= 0.3 is 0 Å². The van der Waals surface area contributed by atoms with E-state index in [0.717, 1.165) is 37.8 Å². The number of nitrogens with zero attached hydrogens (tertiary/aromatic N) is 3. The Morgan fingerprint density at radius 3 is 2.89 bits per heavy atom. The van der Waals surface area contributed by atoms with Crippen molar-refractivity contribution < 1.29 is 4.52 Å². The molecule has 0 radical (unpaired) electrons. The Hall–Kier alpha value is -0.940. The summed E-state index contributed by atoms with van der Waals surface area (Å²) in [7, 11) is 0. The molecule has 1 saturated heterocycles. The monoisotopic (exact) mass is 252 g/mol. The maximum absolute atomic E-state index is 5.23. The number of hydrogen-bond donors (Lipinski definition) is 1. The van der Waals surface area contributed by atoms with Crippen LogP contribution in [-0.4, -0.2) is 40.2 Å².